The number of carbonyl (C=O) groups excluding carboxylic acids is 2. The van der Waals surface area contributed by atoms with Crippen LogP contribution in [-0.2, 0) is 19.6 Å². The molecule has 1 fully saturated rings. The number of sulfonamides is 1. The van der Waals surface area contributed by atoms with Crippen molar-refractivity contribution in [1.29, 1.82) is 0 Å². The number of Topliss-reactive ketones (excluding diaryl/α,β-unsaturated/α-hetero) is 1. The zero-order valence-corrected chi connectivity index (χ0v) is 27.4. The first-order valence-corrected chi connectivity index (χ1v) is 15.4. The van der Waals surface area contributed by atoms with Crippen LogP contribution in [0.2, 0.25) is 0 Å². The quantitative estimate of drug-likeness (QED) is 0.296. The first kappa shape index (κ1) is 33.9. The van der Waals surface area contributed by atoms with Gasteiger partial charge in [-0.05, 0) is 71.8 Å². The molecule has 0 saturated carbocycles. The second-order valence-electron chi connectivity index (χ2n) is 10.1. The van der Waals surface area contributed by atoms with Crippen molar-refractivity contribution in [3.63, 3.8) is 0 Å². The van der Waals surface area contributed by atoms with Crippen molar-refractivity contribution in [1.82, 2.24) is 4.31 Å². The highest BCUT2D eigenvalue weighted by Crippen LogP contribution is 2.41. The van der Waals surface area contributed by atoms with Crippen LogP contribution < -0.4 is 33.7 Å². The van der Waals surface area contributed by atoms with Crippen molar-refractivity contribution in [2.75, 3.05) is 61.1 Å². The van der Waals surface area contributed by atoms with E-state index >= 15 is 0 Å². The van der Waals surface area contributed by atoms with Gasteiger partial charge in [0.1, 0.15) is 0 Å². The summed E-state index contributed by atoms with van der Waals surface area (Å²) in [5.41, 5.74) is 1.93. The van der Waals surface area contributed by atoms with Crippen LogP contribution in [0.25, 0.3) is 12.2 Å². The van der Waals surface area contributed by atoms with Crippen molar-refractivity contribution in [3.8, 4) is 34.5 Å². The monoisotopic (exact) mass is 652 g/mol. The van der Waals surface area contributed by atoms with Crippen LogP contribution in [0.3, 0.4) is 0 Å². The molecule has 0 spiro atoms. The molecule has 3 aromatic rings. The molecule has 0 aliphatic carbocycles. The van der Waals surface area contributed by atoms with Gasteiger partial charge < -0.3 is 33.7 Å². The van der Waals surface area contributed by atoms with E-state index < -0.39 is 10.0 Å². The maximum absolute atomic E-state index is 14.0. The molecule has 13 heteroatoms. The Morgan fingerprint density at radius 2 is 1.09 bits per heavy atom. The summed E-state index contributed by atoms with van der Waals surface area (Å²) in [7, 11) is 4.76. The third kappa shape index (κ3) is 7.11. The van der Waals surface area contributed by atoms with Gasteiger partial charge in [0, 0.05) is 36.8 Å². The highest BCUT2D eigenvalue weighted by molar-refractivity contribution is 7.89. The fourth-order valence-electron chi connectivity index (χ4n) is 5.01. The summed E-state index contributed by atoms with van der Waals surface area (Å²) in [6.45, 7) is 0.939. The number of anilines is 1. The second-order valence-corrected chi connectivity index (χ2v) is 12.0. The number of amides is 1. The van der Waals surface area contributed by atoms with Crippen molar-refractivity contribution in [3.05, 3.63) is 70.8 Å². The lowest BCUT2D eigenvalue weighted by Crippen LogP contribution is -2.41. The number of nitrogens with one attached hydrogen (secondary N) is 1. The Labute approximate surface area is 268 Å². The van der Waals surface area contributed by atoms with E-state index in [0.29, 0.717) is 51.3 Å². The number of rotatable bonds is 11. The lowest BCUT2D eigenvalue weighted by atomic mass is 9.95. The van der Waals surface area contributed by atoms with E-state index in [4.69, 9.17) is 28.4 Å². The summed E-state index contributed by atoms with van der Waals surface area (Å²) >= 11 is 0. The molecule has 0 bridgehead atoms. The highest BCUT2D eigenvalue weighted by Gasteiger charge is 2.34. The van der Waals surface area contributed by atoms with E-state index in [1.807, 2.05) is 0 Å². The van der Waals surface area contributed by atoms with Gasteiger partial charge in [0.25, 0.3) is 0 Å². The zero-order valence-electron chi connectivity index (χ0n) is 26.6. The molecule has 244 valence electrons. The summed E-state index contributed by atoms with van der Waals surface area (Å²) in [6, 6.07) is 12.5. The van der Waals surface area contributed by atoms with Gasteiger partial charge in [-0.3, -0.25) is 9.59 Å². The summed E-state index contributed by atoms with van der Waals surface area (Å²) in [5, 5.41) is 2.62. The number of nitrogens with zero attached hydrogens (tertiary/aromatic N) is 1. The molecule has 46 heavy (non-hydrogen) atoms. The van der Waals surface area contributed by atoms with Crippen LogP contribution in [0.5, 0.6) is 34.5 Å². The summed E-state index contributed by atoms with van der Waals surface area (Å²) in [5.74, 6) is 1.59. The first-order chi connectivity index (χ1) is 22.0. The van der Waals surface area contributed by atoms with Crippen molar-refractivity contribution >= 4 is 39.6 Å². The number of hydrogen-bond acceptors (Lipinski definition) is 10. The predicted molar refractivity (Wildman–Crippen MR) is 173 cm³/mol. The minimum Gasteiger partial charge on any atom is -0.493 e. The highest BCUT2D eigenvalue weighted by atomic mass is 32.2. The molecule has 0 atom stereocenters. The standard InChI is InChI=1S/C33H36N2O10S/c1-20(36)34-25-8-10-26(11-9-25)46(38,39)35-18-23(12-21-14-27(40-2)32(44-6)28(15-21)41-3)31(37)24(19-35)13-22-16-29(42-4)33(45-7)30(17-22)43-5/h8-17H,18-19H2,1-7H3,(H,34,36). The Morgan fingerprint density at radius 1 is 0.696 bits per heavy atom. The third-order valence-corrected chi connectivity index (χ3v) is 8.95. The Kier molecular flexibility index (Phi) is 10.6. The molecule has 0 radical (unpaired) electrons. The van der Waals surface area contributed by atoms with Gasteiger partial charge >= 0.3 is 0 Å². The van der Waals surface area contributed by atoms with Crippen LogP contribution in [-0.4, -0.2) is 80.2 Å². The van der Waals surface area contributed by atoms with Gasteiger partial charge in [-0.1, -0.05) is 0 Å². The van der Waals surface area contributed by atoms with E-state index in [1.54, 1.807) is 36.4 Å². The summed E-state index contributed by atoms with van der Waals surface area (Å²) in [6.07, 6.45) is 3.19. The fourth-order valence-corrected chi connectivity index (χ4v) is 6.41. The van der Waals surface area contributed by atoms with E-state index in [-0.39, 0.29) is 40.8 Å². The third-order valence-electron chi connectivity index (χ3n) is 7.15. The number of piperidine rings is 1. The van der Waals surface area contributed by atoms with Crippen LogP contribution in [0.1, 0.15) is 18.1 Å². The molecule has 12 nitrogen and oxygen atoms in total. The van der Waals surface area contributed by atoms with E-state index in [0.717, 1.165) is 0 Å². The molecule has 1 amide bonds. The Balaban J connectivity index is 1.86. The molecular formula is C33H36N2O10S. The maximum Gasteiger partial charge on any atom is 0.243 e. The minimum absolute atomic E-state index is 0.00442. The average Bonchev–Trinajstić information content (AvgIpc) is 3.05. The van der Waals surface area contributed by atoms with Gasteiger partial charge in [0.15, 0.2) is 28.8 Å². The van der Waals surface area contributed by atoms with Crippen LogP contribution in [0.15, 0.2) is 64.6 Å². The molecule has 1 N–H and O–H groups in total. The normalized spacial score (nSPS) is 15.4. The number of hydrogen-bond donors (Lipinski definition) is 1. The van der Waals surface area contributed by atoms with Crippen LogP contribution in [0.4, 0.5) is 5.69 Å². The van der Waals surface area contributed by atoms with Crippen molar-refractivity contribution < 1.29 is 46.4 Å². The zero-order chi connectivity index (χ0) is 33.6. The lowest BCUT2D eigenvalue weighted by molar-refractivity contribution is -0.114. The topological polar surface area (TPSA) is 139 Å². The molecule has 3 aromatic carbocycles. The number of benzene rings is 3. The minimum atomic E-state index is -4.11. The Bertz CT molecular complexity index is 1660. The van der Waals surface area contributed by atoms with E-state index in [1.165, 1.54) is 78.2 Å². The van der Waals surface area contributed by atoms with E-state index in [9.17, 15) is 18.0 Å². The lowest BCUT2D eigenvalue weighted by Gasteiger charge is -2.29. The van der Waals surface area contributed by atoms with Gasteiger partial charge in [-0.2, -0.15) is 4.31 Å². The second kappa shape index (κ2) is 14.4. The van der Waals surface area contributed by atoms with Crippen LogP contribution in [0, 0.1) is 0 Å². The fraction of sp³-hybridized carbons (Fsp3) is 0.273. The van der Waals surface area contributed by atoms with Gasteiger partial charge in [0.2, 0.25) is 27.4 Å². The predicted octanol–water partition coefficient (Wildman–Crippen LogP) is 4.44. The van der Waals surface area contributed by atoms with E-state index in [2.05, 4.69) is 5.32 Å². The smallest absolute Gasteiger partial charge is 0.243 e. The van der Waals surface area contributed by atoms with Crippen molar-refractivity contribution in [2.45, 2.75) is 11.8 Å². The average molecular weight is 653 g/mol. The molecule has 1 aliphatic heterocycles. The maximum atomic E-state index is 14.0. The molecule has 1 saturated heterocycles. The van der Waals surface area contributed by atoms with Gasteiger partial charge in [-0.15, -0.1) is 0 Å². The van der Waals surface area contributed by atoms with Gasteiger partial charge in [-0.25, -0.2) is 8.42 Å². The molecule has 0 aromatic heterocycles. The molecule has 1 heterocycles. The first-order valence-electron chi connectivity index (χ1n) is 13.9. The number of carbonyl (C=O) groups is 2. The van der Waals surface area contributed by atoms with Crippen molar-refractivity contribution in [2.24, 2.45) is 0 Å². The Morgan fingerprint density at radius 3 is 1.41 bits per heavy atom. The summed E-state index contributed by atoms with van der Waals surface area (Å²) in [4.78, 5) is 25.4. The molecular weight excluding hydrogens is 616 g/mol. The molecule has 4 rings (SSSR count). The SMILES string of the molecule is COc1cc(C=C2CN(S(=O)(=O)c3ccc(NC(C)=O)cc3)CC(=Cc3cc(OC)c(OC)c(OC)c3)C2=O)cc(OC)c1OC. The largest absolute Gasteiger partial charge is 0.493 e. The molecule has 0 unspecified atom stereocenters. The number of ketones is 1. The summed E-state index contributed by atoms with van der Waals surface area (Å²) < 4.78 is 61.8. The van der Waals surface area contributed by atoms with Gasteiger partial charge in [0.05, 0.1) is 47.6 Å². The Hall–Kier alpha value is -5.01. The number of methoxy groups -OCH3 is 6. The molecule has 1 aliphatic rings. The van der Waals surface area contributed by atoms with Crippen LogP contribution >= 0.6 is 0 Å². The number of ether oxygens (including phenoxy) is 6.